The maximum absolute atomic E-state index is 12.5. The summed E-state index contributed by atoms with van der Waals surface area (Å²) in [4.78, 5) is 14.6. The smallest absolute Gasteiger partial charge is 0.227 e. The number of carbonyl (C=O) groups excluding carboxylic acids is 1. The van der Waals surface area contributed by atoms with Crippen molar-refractivity contribution in [1.29, 1.82) is 0 Å². The summed E-state index contributed by atoms with van der Waals surface area (Å²) in [5.74, 6) is 1.17. The number of nitrogens with two attached hydrogens (primary N) is 1. The van der Waals surface area contributed by atoms with Crippen molar-refractivity contribution >= 4 is 5.91 Å². The number of hydrogen-bond acceptors (Lipinski definition) is 2. The van der Waals surface area contributed by atoms with Crippen LogP contribution in [0.1, 0.15) is 51.9 Å². The topological polar surface area (TPSA) is 46.3 Å². The van der Waals surface area contributed by atoms with Crippen molar-refractivity contribution in [2.75, 3.05) is 13.1 Å². The van der Waals surface area contributed by atoms with Gasteiger partial charge in [-0.05, 0) is 31.6 Å². The number of rotatable bonds is 2. The standard InChI is InChI=1S/C14H26N2O/c1-2-11-6-5-9-16(10-11)14(17)12-7-3-4-8-13(12)15/h11-13H,2-10,15H2,1H3. The van der Waals surface area contributed by atoms with Crippen LogP contribution in [0.5, 0.6) is 0 Å². The third-order valence-electron chi connectivity index (χ3n) is 4.54. The second-order valence-corrected chi connectivity index (χ2v) is 5.76. The zero-order valence-corrected chi connectivity index (χ0v) is 11.0. The van der Waals surface area contributed by atoms with Gasteiger partial charge in [0.15, 0.2) is 0 Å². The molecule has 1 saturated heterocycles. The number of carbonyl (C=O) groups is 1. The molecule has 2 rings (SSSR count). The molecule has 1 saturated carbocycles. The van der Waals surface area contributed by atoms with Gasteiger partial charge in [0.1, 0.15) is 0 Å². The maximum Gasteiger partial charge on any atom is 0.227 e. The average Bonchev–Trinajstić information content (AvgIpc) is 2.38. The first-order valence-corrected chi connectivity index (χ1v) is 7.26. The summed E-state index contributed by atoms with van der Waals surface area (Å²) in [5.41, 5.74) is 6.11. The average molecular weight is 238 g/mol. The Morgan fingerprint density at radius 2 is 2.00 bits per heavy atom. The summed E-state index contributed by atoms with van der Waals surface area (Å²) < 4.78 is 0. The van der Waals surface area contributed by atoms with Crippen LogP contribution in [0, 0.1) is 11.8 Å². The van der Waals surface area contributed by atoms with Crippen LogP contribution in [-0.2, 0) is 4.79 Å². The first-order valence-electron chi connectivity index (χ1n) is 7.26. The fourth-order valence-corrected chi connectivity index (χ4v) is 3.30. The minimum Gasteiger partial charge on any atom is -0.342 e. The largest absolute Gasteiger partial charge is 0.342 e. The summed E-state index contributed by atoms with van der Waals surface area (Å²) in [6.45, 7) is 4.15. The van der Waals surface area contributed by atoms with Crippen LogP contribution < -0.4 is 5.73 Å². The van der Waals surface area contributed by atoms with Gasteiger partial charge < -0.3 is 10.6 Å². The molecule has 3 heteroatoms. The summed E-state index contributed by atoms with van der Waals surface area (Å²) in [6, 6.07) is 0.109. The zero-order valence-electron chi connectivity index (χ0n) is 11.0. The molecule has 1 amide bonds. The molecule has 17 heavy (non-hydrogen) atoms. The maximum atomic E-state index is 12.5. The minimum absolute atomic E-state index is 0.109. The van der Waals surface area contributed by atoms with Crippen LogP contribution in [0.15, 0.2) is 0 Å². The molecule has 0 spiro atoms. The number of hydrogen-bond donors (Lipinski definition) is 1. The first-order chi connectivity index (χ1) is 8.22. The van der Waals surface area contributed by atoms with Gasteiger partial charge >= 0.3 is 0 Å². The zero-order chi connectivity index (χ0) is 12.3. The lowest BCUT2D eigenvalue weighted by atomic mass is 9.83. The Bertz CT molecular complexity index is 267. The summed E-state index contributed by atoms with van der Waals surface area (Å²) in [5, 5.41) is 0. The normalized spacial score (nSPS) is 34.7. The van der Waals surface area contributed by atoms with Crippen LogP contribution in [0.25, 0.3) is 0 Å². The highest BCUT2D eigenvalue weighted by Gasteiger charge is 2.33. The third-order valence-corrected chi connectivity index (χ3v) is 4.54. The molecule has 0 bridgehead atoms. The van der Waals surface area contributed by atoms with E-state index in [1.54, 1.807) is 0 Å². The highest BCUT2D eigenvalue weighted by Crippen LogP contribution is 2.27. The van der Waals surface area contributed by atoms with Crippen LogP contribution >= 0.6 is 0 Å². The van der Waals surface area contributed by atoms with Crippen molar-refractivity contribution < 1.29 is 4.79 Å². The van der Waals surface area contributed by atoms with Crippen molar-refractivity contribution in [2.45, 2.75) is 57.9 Å². The van der Waals surface area contributed by atoms with Gasteiger partial charge in [-0.25, -0.2) is 0 Å². The lowest BCUT2D eigenvalue weighted by Gasteiger charge is -2.37. The Morgan fingerprint density at radius 3 is 2.71 bits per heavy atom. The van der Waals surface area contributed by atoms with E-state index in [0.717, 1.165) is 25.9 Å². The molecule has 2 N–H and O–H groups in total. The molecule has 0 radical (unpaired) electrons. The molecule has 3 atom stereocenters. The summed E-state index contributed by atoms with van der Waals surface area (Å²) >= 11 is 0. The minimum atomic E-state index is 0.109. The van der Waals surface area contributed by atoms with Crippen molar-refractivity contribution in [1.82, 2.24) is 4.90 Å². The Balaban J connectivity index is 1.93. The summed E-state index contributed by atoms with van der Waals surface area (Å²) in [6.07, 6.45) is 8.07. The van der Waals surface area contributed by atoms with Crippen LogP contribution in [0.4, 0.5) is 0 Å². The second kappa shape index (κ2) is 5.85. The molecule has 1 heterocycles. The van der Waals surface area contributed by atoms with Gasteiger partial charge in [0.05, 0.1) is 5.92 Å². The molecular weight excluding hydrogens is 212 g/mol. The van der Waals surface area contributed by atoms with E-state index < -0.39 is 0 Å². The molecule has 3 unspecified atom stereocenters. The Hall–Kier alpha value is -0.570. The van der Waals surface area contributed by atoms with Gasteiger partial charge in [-0.1, -0.05) is 26.2 Å². The number of likely N-dealkylation sites (tertiary alicyclic amines) is 1. The van der Waals surface area contributed by atoms with Crippen molar-refractivity contribution in [3.8, 4) is 0 Å². The molecule has 1 aliphatic heterocycles. The van der Waals surface area contributed by atoms with Gasteiger partial charge in [0, 0.05) is 19.1 Å². The van der Waals surface area contributed by atoms with Crippen molar-refractivity contribution in [3.05, 3.63) is 0 Å². The SMILES string of the molecule is CCC1CCCN(C(=O)C2CCCCC2N)C1. The number of piperidine rings is 1. The Labute approximate surface area is 105 Å². The van der Waals surface area contributed by atoms with E-state index in [4.69, 9.17) is 5.73 Å². The van der Waals surface area contributed by atoms with Gasteiger partial charge in [0.2, 0.25) is 5.91 Å². The predicted octanol–water partition coefficient (Wildman–Crippen LogP) is 2.15. The van der Waals surface area contributed by atoms with Gasteiger partial charge in [0.25, 0.3) is 0 Å². The fourth-order valence-electron chi connectivity index (χ4n) is 3.30. The molecule has 0 aromatic heterocycles. The van der Waals surface area contributed by atoms with Crippen LogP contribution in [0.3, 0.4) is 0 Å². The van der Waals surface area contributed by atoms with E-state index in [1.807, 2.05) is 0 Å². The van der Waals surface area contributed by atoms with E-state index in [9.17, 15) is 4.79 Å². The second-order valence-electron chi connectivity index (χ2n) is 5.76. The fraction of sp³-hybridized carbons (Fsp3) is 0.929. The molecule has 98 valence electrons. The van der Waals surface area contributed by atoms with E-state index in [-0.39, 0.29) is 12.0 Å². The van der Waals surface area contributed by atoms with Crippen molar-refractivity contribution in [3.63, 3.8) is 0 Å². The molecule has 2 aliphatic rings. The van der Waals surface area contributed by atoms with Gasteiger partial charge in [-0.3, -0.25) is 4.79 Å². The molecule has 2 fully saturated rings. The van der Waals surface area contributed by atoms with Crippen LogP contribution in [0.2, 0.25) is 0 Å². The summed E-state index contributed by atoms with van der Waals surface area (Å²) in [7, 11) is 0. The van der Waals surface area contributed by atoms with Crippen LogP contribution in [-0.4, -0.2) is 29.9 Å². The number of amides is 1. The monoisotopic (exact) mass is 238 g/mol. The highest BCUT2D eigenvalue weighted by molar-refractivity contribution is 5.79. The van der Waals surface area contributed by atoms with Gasteiger partial charge in [-0.2, -0.15) is 0 Å². The first kappa shape index (κ1) is 12.9. The Kier molecular flexibility index (Phi) is 4.43. The van der Waals surface area contributed by atoms with Crippen molar-refractivity contribution in [2.24, 2.45) is 17.6 Å². The molecule has 3 nitrogen and oxygen atoms in total. The van der Waals surface area contributed by atoms with E-state index >= 15 is 0 Å². The molecule has 1 aliphatic carbocycles. The van der Waals surface area contributed by atoms with E-state index in [1.165, 1.54) is 32.1 Å². The predicted molar refractivity (Wildman–Crippen MR) is 69.5 cm³/mol. The Morgan fingerprint density at radius 1 is 1.24 bits per heavy atom. The quantitative estimate of drug-likeness (QED) is 0.801. The molecule has 0 aromatic carbocycles. The third kappa shape index (κ3) is 3.01. The molecule has 0 aromatic rings. The molecular formula is C14H26N2O. The van der Waals surface area contributed by atoms with Gasteiger partial charge in [-0.15, -0.1) is 0 Å². The van der Waals surface area contributed by atoms with E-state index in [0.29, 0.717) is 11.8 Å². The van der Waals surface area contributed by atoms with E-state index in [2.05, 4.69) is 11.8 Å². The lowest BCUT2D eigenvalue weighted by Crippen LogP contribution is -2.48. The lowest BCUT2D eigenvalue weighted by molar-refractivity contribution is -0.139. The highest BCUT2D eigenvalue weighted by atomic mass is 16.2. The number of nitrogens with zero attached hydrogens (tertiary/aromatic N) is 1.